The van der Waals surface area contributed by atoms with Crippen LogP contribution in [0.25, 0.3) is 0 Å². The second-order valence-electron chi connectivity index (χ2n) is 10.3. The SMILES string of the molecule is C[C@H](NC(=O)OC(C)(C)C)C(=O)O[C@@H](C)[C@H](Cc1ccc(F)cc1)C(C)(C)OCc1ccccc1. The minimum absolute atomic E-state index is 0.255. The molecule has 0 saturated heterocycles. The van der Waals surface area contributed by atoms with Crippen molar-refractivity contribution in [3.8, 4) is 0 Å². The third-order valence-electron chi connectivity index (χ3n) is 5.67. The van der Waals surface area contributed by atoms with E-state index in [9.17, 15) is 14.0 Å². The van der Waals surface area contributed by atoms with Gasteiger partial charge >= 0.3 is 12.1 Å². The molecule has 1 N–H and O–H groups in total. The zero-order valence-electron chi connectivity index (χ0n) is 21.8. The molecular weight excluding hydrogens is 449 g/mol. The van der Waals surface area contributed by atoms with Gasteiger partial charge in [0.25, 0.3) is 0 Å². The molecule has 0 bridgehead atoms. The molecule has 35 heavy (non-hydrogen) atoms. The lowest BCUT2D eigenvalue weighted by Crippen LogP contribution is -2.47. The monoisotopic (exact) mass is 487 g/mol. The summed E-state index contributed by atoms with van der Waals surface area (Å²) in [6.45, 7) is 12.9. The van der Waals surface area contributed by atoms with Crippen molar-refractivity contribution in [1.82, 2.24) is 5.32 Å². The number of rotatable bonds is 10. The zero-order valence-corrected chi connectivity index (χ0v) is 21.8. The third kappa shape index (κ3) is 9.68. The summed E-state index contributed by atoms with van der Waals surface area (Å²) in [5.74, 6) is -1.15. The molecule has 0 heterocycles. The highest BCUT2D eigenvalue weighted by Crippen LogP contribution is 2.31. The summed E-state index contributed by atoms with van der Waals surface area (Å²) in [6, 6.07) is 15.2. The van der Waals surface area contributed by atoms with Gasteiger partial charge in [0.2, 0.25) is 0 Å². The summed E-state index contributed by atoms with van der Waals surface area (Å²) in [5.41, 5.74) is 0.559. The molecular formula is C28H38FNO5. The van der Waals surface area contributed by atoms with E-state index in [1.165, 1.54) is 12.1 Å². The van der Waals surface area contributed by atoms with Crippen LogP contribution in [0.1, 0.15) is 59.6 Å². The van der Waals surface area contributed by atoms with Gasteiger partial charge in [-0.3, -0.25) is 0 Å². The van der Waals surface area contributed by atoms with E-state index in [0.717, 1.165) is 11.1 Å². The van der Waals surface area contributed by atoms with Gasteiger partial charge in [0, 0.05) is 5.92 Å². The molecule has 3 atom stereocenters. The molecule has 0 aromatic heterocycles. The number of amides is 1. The third-order valence-corrected chi connectivity index (χ3v) is 5.67. The van der Waals surface area contributed by atoms with Crippen LogP contribution >= 0.6 is 0 Å². The minimum Gasteiger partial charge on any atom is -0.461 e. The Morgan fingerprint density at radius 3 is 2.09 bits per heavy atom. The second kappa shape index (κ2) is 12.2. The van der Waals surface area contributed by atoms with E-state index < -0.39 is 35.4 Å². The Labute approximate surface area is 208 Å². The van der Waals surface area contributed by atoms with Crippen molar-refractivity contribution < 1.29 is 28.2 Å². The van der Waals surface area contributed by atoms with Crippen molar-refractivity contribution in [1.29, 1.82) is 0 Å². The van der Waals surface area contributed by atoms with Crippen molar-refractivity contribution >= 4 is 12.1 Å². The predicted molar refractivity (Wildman–Crippen MR) is 133 cm³/mol. The van der Waals surface area contributed by atoms with Gasteiger partial charge in [-0.05, 0) is 78.1 Å². The maximum Gasteiger partial charge on any atom is 0.408 e. The molecule has 0 saturated carbocycles. The number of carbonyl (C=O) groups excluding carboxylic acids is 2. The highest BCUT2D eigenvalue weighted by Gasteiger charge is 2.37. The average Bonchev–Trinajstić information content (AvgIpc) is 2.76. The molecule has 0 unspecified atom stereocenters. The van der Waals surface area contributed by atoms with E-state index in [1.807, 2.05) is 44.2 Å². The van der Waals surface area contributed by atoms with E-state index >= 15 is 0 Å². The number of nitrogens with one attached hydrogen (secondary N) is 1. The molecule has 2 aromatic carbocycles. The molecule has 0 aliphatic heterocycles. The van der Waals surface area contributed by atoms with Crippen molar-refractivity contribution in [3.63, 3.8) is 0 Å². The summed E-state index contributed by atoms with van der Waals surface area (Å²) in [4.78, 5) is 24.8. The van der Waals surface area contributed by atoms with Crippen LogP contribution in [0, 0.1) is 11.7 Å². The first kappa shape index (κ1) is 28.3. The molecule has 6 nitrogen and oxygen atoms in total. The number of halogens is 1. The van der Waals surface area contributed by atoms with Crippen LogP contribution in [0.5, 0.6) is 0 Å². The van der Waals surface area contributed by atoms with E-state index in [4.69, 9.17) is 14.2 Å². The van der Waals surface area contributed by atoms with Crippen LogP contribution in [-0.4, -0.2) is 35.4 Å². The van der Waals surface area contributed by atoms with Gasteiger partial charge < -0.3 is 19.5 Å². The molecule has 192 valence electrons. The lowest BCUT2D eigenvalue weighted by atomic mass is 9.81. The molecule has 2 aromatic rings. The standard InChI is InChI=1S/C28H38FNO5/c1-19(30-26(32)35-27(3,4)5)25(31)34-20(2)24(17-21-13-15-23(29)16-14-21)28(6,7)33-18-22-11-9-8-10-12-22/h8-16,19-20,24H,17-18H2,1-7H3,(H,30,32)/t19-,20-,24-/m0/s1. The summed E-state index contributed by atoms with van der Waals surface area (Å²) in [5, 5.41) is 2.51. The van der Waals surface area contributed by atoms with Crippen molar-refractivity contribution in [3.05, 3.63) is 71.5 Å². The Hall–Kier alpha value is -2.93. The molecule has 7 heteroatoms. The number of hydrogen-bond acceptors (Lipinski definition) is 5. The minimum atomic E-state index is -0.896. The number of alkyl carbamates (subject to hydrolysis) is 1. The topological polar surface area (TPSA) is 73.9 Å². The summed E-state index contributed by atoms with van der Waals surface area (Å²) in [6.07, 6.45) is -0.741. The highest BCUT2D eigenvalue weighted by molar-refractivity contribution is 5.81. The highest BCUT2D eigenvalue weighted by atomic mass is 19.1. The van der Waals surface area contributed by atoms with Gasteiger partial charge in [-0.1, -0.05) is 42.5 Å². The van der Waals surface area contributed by atoms with E-state index in [2.05, 4.69) is 5.32 Å². The molecule has 0 spiro atoms. The lowest BCUT2D eigenvalue weighted by molar-refractivity contribution is -0.162. The van der Waals surface area contributed by atoms with E-state index in [1.54, 1.807) is 46.8 Å². The van der Waals surface area contributed by atoms with Gasteiger partial charge in [0.05, 0.1) is 12.2 Å². The smallest absolute Gasteiger partial charge is 0.408 e. The first-order valence-electron chi connectivity index (χ1n) is 11.9. The molecule has 0 fully saturated rings. The van der Waals surface area contributed by atoms with E-state index in [0.29, 0.717) is 13.0 Å². The number of hydrogen-bond donors (Lipinski definition) is 1. The fourth-order valence-corrected chi connectivity index (χ4v) is 3.71. The summed E-state index contributed by atoms with van der Waals surface area (Å²) >= 11 is 0. The summed E-state index contributed by atoms with van der Waals surface area (Å²) < 4.78 is 30.8. The lowest BCUT2D eigenvalue weighted by Gasteiger charge is -2.38. The first-order chi connectivity index (χ1) is 16.3. The second-order valence-corrected chi connectivity index (χ2v) is 10.3. The van der Waals surface area contributed by atoms with Crippen molar-refractivity contribution in [2.75, 3.05) is 0 Å². The number of ether oxygens (including phenoxy) is 3. The maximum atomic E-state index is 13.5. The Kier molecular flexibility index (Phi) is 9.83. The maximum absolute atomic E-state index is 13.5. The van der Waals surface area contributed by atoms with Crippen molar-refractivity contribution in [2.45, 2.75) is 84.8 Å². The van der Waals surface area contributed by atoms with Gasteiger partial charge in [0.1, 0.15) is 23.6 Å². The van der Waals surface area contributed by atoms with Crippen LogP contribution < -0.4 is 5.32 Å². The number of carbonyl (C=O) groups is 2. The predicted octanol–water partition coefficient (Wildman–Crippen LogP) is 5.82. The Morgan fingerprint density at radius 2 is 1.51 bits per heavy atom. The Balaban J connectivity index is 2.13. The van der Waals surface area contributed by atoms with Gasteiger partial charge in [-0.25, -0.2) is 14.0 Å². The van der Waals surface area contributed by atoms with E-state index in [-0.39, 0.29) is 11.7 Å². The van der Waals surface area contributed by atoms with Crippen LogP contribution in [0.2, 0.25) is 0 Å². The van der Waals surface area contributed by atoms with Crippen LogP contribution in [-0.2, 0) is 32.0 Å². The largest absolute Gasteiger partial charge is 0.461 e. The normalized spacial score (nSPS) is 14.5. The average molecular weight is 488 g/mol. The molecule has 1 amide bonds. The number of benzene rings is 2. The fraction of sp³-hybridized carbons (Fsp3) is 0.500. The van der Waals surface area contributed by atoms with Crippen molar-refractivity contribution in [2.24, 2.45) is 5.92 Å². The zero-order chi connectivity index (χ0) is 26.2. The molecule has 0 aliphatic rings. The van der Waals surface area contributed by atoms with Crippen LogP contribution in [0.3, 0.4) is 0 Å². The van der Waals surface area contributed by atoms with Crippen LogP contribution in [0.4, 0.5) is 9.18 Å². The van der Waals surface area contributed by atoms with Gasteiger partial charge in [-0.2, -0.15) is 0 Å². The number of esters is 1. The Morgan fingerprint density at radius 1 is 0.914 bits per heavy atom. The van der Waals surface area contributed by atoms with Gasteiger partial charge in [-0.15, -0.1) is 0 Å². The van der Waals surface area contributed by atoms with Crippen LogP contribution in [0.15, 0.2) is 54.6 Å². The first-order valence-corrected chi connectivity index (χ1v) is 11.9. The molecule has 0 radical (unpaired) electrons. The quantitative estimate of drug-likeness (QED) is 0.427. The van der Waals surface area contributed by atoms with Gasteiger partial charge in [0.15, 0.2) is 0 Å². The summed E-state index contributed by atoms with van der Waals surface area (Å²) in [7, 11) is 0. The fourth-order valence-electron chi connectivity index (χ4n) is 3.71. The molecule has 0 aliphatic carbocycles. The molecule has 2 rings (SSSR count). The Bertz CT molecular complexity index is 954.